The standard InChI is InChI=1S/C35H50N2O5/c1-24(2)21-37(23-35(3,4)5)34(40)30-13-12-28(41-6)19-32(30)36-16-14-25(15-17-36)22-42-29-9-7-8-27(18-29)31(20-33(38)39)26-10-11-26/h7-9,12-13,18-19,24-26,31H,10-11,14-17,20-23H2,1-6H3,(H,38,39). The normalized spacial score (nSPS) is 16.8. The molecule has 0 aromatic heterocycles. The number of carbonyl (C=O) groups is 2. The number of hydrogen-bond donors (Lipinski definition) is 1. The van der Waals surface area contributed by atoms with Crippen molar-refractivity contribution >= 4 is 17.6 Å². The summed E-state index contributed by atoms with van der Waals surface area (Å²) in [5.41, 5.74) is 2.75. The first-order valence-corrected chi connectivity index (χ1v) is 15.6. The number of anilines is 1. The summed E-state index contributed by atoms with van der Waals surface area (Å²) in [6.45, 7) is 14.6. The number of carbonyl (C=O) groups excluding carboxylic acids is 1. The Bertz CT molecular complexity index is 1210. The van der Waals surface area contributed by atoms with Crippen LogP contribution in [-0.2, 0) is 4.79 Å². The van der Waals surface area contributed by atoms with Crippen molar-refractivity contribution in [2.75, 3.05) is 44.8 Å². The van der Waals surface area contributed by atoms with Crippen molar-refractivity contribution in [3.63, 3.8) is 0 Å². The van der Waals surface area contributed by atoms with E-state index in [9.17, 15) is 14.7 Å². The lowest BCUT2D eigenvalue weighted by atomic mass is 9.91. The summed E-state index contributed by atoms with van der Waals surface area (Å²) in [6.07, 6.45) is 4.31. The van der Waals surface area contributed by atoms with Gasteiger partial charge in [-0.05, 0) is 84.6 Å². The number of carboxylic acid groups (broad SMARTS) is 1. The Balaban J connectivity index is 1.41. The van der Waals surface area contributed by atoms with Crippen LogP contribution in [0.3, 0.4) is 0 Å². The van der Waals surface area contributed by atoms with Gasteiger partial charge in [-0.15, -0.1) is 0 Å². The van der Waals surface area contributed by atoms with Crippen LogP contribution >= 0.6 is 0 Å². The number of rotatable bonds is 13. The number of ether oxygens (including phenoxy) is 2. The third-order valence-corrected chi connectivity index (χ3v) is 8.29. The molecule has 2 aromatic carbocycles. The molecule has 42 heavy (non-hydrogen) atoms. The lowest BCUT2D eigenvalue weighted by Crippen LogP contribution is -2.41. The molecule has 0 bridgehead atoms. The van der Waals surface area contributed by atoms with Crippen molar-refractivity contribution < 1.29 is 24.2 Å². The van der Waals surface area contributed by atoms with Gasteiger partial charge in [0.2, 0.25) is 0 Å². The number of nitrogens with zero attached hydrogens (tertiary/aromatic N) is 2. The molecule has 1 saturated carbocycles. The van der Waals surface area contributed by atoms with E-state index in [1.54, 1.807) is 7.11 Å². The molecule has 2 fully saturated rings. The van der Waals surface area contributed by atoms with Crippen molar-refractivity contribution in [3.8, 4) is 11.5 Å². The van der Waals surface area contributed by atoms with Gasteiger partial charge < -0.3 is 24.4 Å². The molecule has 4 rings (SSSR count). The smallest absolute Gasteiger partial charge is 0.303 e. The average Bonchev–Trinajstić information content (AvgIpc) is 3.78. The largest absolute Gasteiger partial charge is 0.497 e. The molecule has 0 spiro atoms. The zero-order valence-corrected chi connectivity index (χ0v) is 26.4. The van der Waals surface area contributed by atoms with Crippen LogP contribution in [0.1, 0.15) is 88.6 Å². The maximum atomic E-state index is 13.9. The van der Waals surface area contributed by atoms with Crippen molar-refractivity contribution in [1.29, 1.82) is 0 Å². The van der Waals surface area contributed by atoms with Crippen molar-refractivity contribution in [2.45, 2.75) is 72.6 Å². The minimum absolute atomic E-state index is 0.00408. The molecular formula is C35H50N2O5. The fourth-order valence-corrected chi connectivity index (χ4v) is 6.12. The molecule has 7 heteroatoms. The van der Waals surface area contributed by atoms with Gasteiger partial charge in [0, 0.05) is 32.2 Å². The highest BCUT2D eigenvalue weighted by atomic mass is 16.5. The van der Waals surface area contributed by atoms with Crippen LogP contribution in [0.5, 0.6) is 11.5 Å². The van der Waals surface area contributed by atoms with Gasteiger partial charge in [-0.1, -0.05) is 46.8 Å². The molecule has 2 aliphatic rings. The Morgan fingerprint density at radius 1 is 1.02 bits per heavy atom. The number of hydrogen-bond acceptors (Lipinski definition) is 5. The number of aliphatic carboxylic acids is 1. The molecule has 1 aliphatic carbocycles. The molecule has 1 heterocycles. The SMILES string of the molecule is COc1ccc(C(=O)N(CC(C)C)CC(C)(C)C)c(N2CCC(COc3cccc(C(CC(=O)O)C4CC4)c3)CC2)c1. The minimum Gasteiger partial charge on any atom is -0.497 e. The summed E-state index contributed by atoms with van der Waals surface area (Å²) in [6, 6.07) is 13.8. The topological polar surface area (TPSA) is 79.3 Å². The Morgan fingerprint density at radius 3 is 2.33 bits per heavy atom. The number of amides is 1. The number of benzene rings is 2. The summed E-state index contributed by atoms with van der Waals surface area (Å²) in [5, 5.41) is 9.39. The molecule has 1 saturated heterocycles. The lowest BCUT2D eigenvalue weighted by molar-refractivity contribution is -0.137. The number of carboxylic acids is 1. The van der Waals surface area contributed by atoms with E-state index >= 15 is 0 Å². The third-order valence-electron chi connectivity index (χ3n) is 8.29. The Hall–Kier alpha value is -3.22. The molecule has 7 nitrogen and oxygen atoms in total. The third kappa shape index (κ3) is 8.89. The molecule has 0 radical (unpaired) electrons. The first kappa shape index (κ1) is 31.7. The summed E-state index contributed by atoms with van der Waals surface area (Å²) in [5.74, 6) is 2.23. The van der Waals surface area contributed by atoms with Gasteiger partial charge in [0.1, 0.15) is 11.5 Å². The van der Waals surface area contributed by atoms with Crippen LogP contribution in [0.4, 0.5) is 5.69 Å². The van der Waals surface area contributed by atoms with Gasteiger partial charge in [-0.25, -0.2) is 0 Å². The van der Waals surface area contributed by atoms with Gasteiger partial charge in [0.05, 0.1) is 31.4 Å². The zero-order valence-electron chi connectivity index (χ0n) is 26.4. The summed E-state index contributed by atoms with van der Waals surface area (Å²) < 4.78 is 11.8. The van der Waals surface area contributed by atoms with Crippen LogP contribution in [-0.4, -0.2) is 61.8 Å². The fourth-order valence-electron chi connectivity index (χ4n) is 6.12. The van der Waals surface area contributed by atoms with E-state index in [2.05, 4.69) is 39.5 Å². The van der Waals surface area contributed by atoms with E-state index in [-0.39, 0.29) is 23.7 Å². The van der Waals surface area contributed by atoms with Crippen LogP contribution < -0.4 is 14.4 Å². The molecule has 1 N–H and O–H groups in total. The molecule has 1 aliphatic heterocycles. The van der Waals surface area contributed by atoms with Gasteiger partial charge in [0.15, 0.2) is 0 Å². The highest BCUT2D eigenvalue weighted by Crippen LogP contribution is 2.45. The maximum absolute atomic E-state index is 13.9. The first-order valence-electron chi connectivity index (χ1n) is 15.6. The van der Waals surface area contributed by atoms with Crippen molar-refractivity contribution in [3.05, 3.63) is 53.6 Å². The summed E-state index contributed by atoms with van der Waals surface area (Å²) in [7, 11) is 1.67. The van der Waals surface area contributed by atoms with Crippen LogP contribution in [0.25, 0.3) is 0 Å². The van der Waals surface area contributed by atoms with Gasteiger partial charge >= 0.3 is 5.97 Å². The van der Waals surface area contributed by atoms with Crippen LogP contribution in [0.15, 0.2) is 42.5 Å². The number of methoxy groups -OCH3 is 1. The first-order chi connectivity index (χ1) is 19.9. The predicted octanol–water partition coefficient (Wildman–Crippen LogP) is 7.10. The van der Waals surface area contributed by atoms with Gasteiger partial charge in [-0.2, -0.15) is 0 Å². The van der Waals surface area contributed by atoms with E-state index < -0.39 is 5.97 Å². The predicted molar refractivity (Wildman–Crippen MR) is 168 cm³/mol. The van der Waals surface area contributed by atoms with Gasteiger partial charge in [0.25, 0.3) is 5.91 Å². The molecule has 2 aromatic rings. The highest BCUT2D eigenvalue weighted by molar-refractivity contribution is 6.00. The van der Waals surface area contributed by atoms with Crippen molar-refractivity contribution in [2.24, 2.45) is 23.2 Å². The molecule has 230 valence electrons. The van der Waals surface area contributed by atoms with Crippen LogP contribution in [0.2, 0.25) is 0 Å². The molecular weight excluding hydrogens is 528 g/mol. The lowest BCUT2D eigenvalue weighted by Gasteiger charge is -2.36. The quantitative estimate of drug-likeness (QED) is 0.273. The monoisotopic (exact) mass is 578 g/mol. The second-order valence-corrected chi connectivity index (χ2v) is 13.9. The molecule has 1 unspecified atom stereocenters. The second kappa shape index (κ2) is 13.8. The second-order valence-electron chi connectivity index (χ2n) is 13.9. The van der Waals surface area contributed by atoms with E-state index in [1.165, 1.54) is 0 Å². The van der Waals surface area contributed by atoms with E-state index in [0.29, 0.717) is 30.9 Å². The van der Waals surface area contributed by atoms with Gasteiger partial charge in [-0.3, -0.25) is 9.59 Å². The highest BCUT2D eigenvalue weighted by Gasteiger charge is 2.34. The molecule has 1 atom stereocenters. The van der Waals surface area contributed by atoms with E-state index in [0.717, 1.165) is 73.6 Å². The Labute approximate surface area is 252 Å². The average molecular weight is 579 g/mol. The fraction of sp³-hybridized carbons (Fsp3) is 0.600. The minimum atomic E-state index is -0.743. The Morgan fingerprint density at radius 2 is 1.74 bits per heavy atom. The Kier molecular flexibility index (Phi) is 10.4. The zero-order chi connectivity index (χ0) is 30.4. The maximum Gasteiger partial charge on any atom is 0.303 e. The summed E-state index contributed by atoms with van der Waals surface area (Å²) >= 11 is 0. The number of piperidine rings is 1. The van der Waals surface area contributed by atoms with E-state index in [1.807, 2.05) is 47.4 Å². The summed E-state index contributed by atoms with van der Waals surface area (Å²) in [4.78, 5) is 29.7. The molecule has 1 amide bonds. The van der Waals surface area contributed by atoms with Crippen molar-refractivity contribution in [1.82, 2.24) is 4.90 Å². The van der Waals surface area contributed by atoms with Crippen LogP contribution in [0, 0.1) is 23.2 Å². The van der Waals surface area contributed by atoms with E-state index in [4.69, 9.17) is 9.47 Å².